The molecule has 1 aromatic rings. The summed E-state index contributed by atoms with van der Waals surface area (Å²) >= 11 is 0. The summed E-state index contributed by atoms with van der Waals surface area (Å²) in [5.74, 6) is -2.47. The molecule has 128 valence electrons. The maximum Gasteiger partial charge on any atom is 0.321 e. The molecule has 4 N–H and O–H groups in total. The molecule has 0 radical (unpaired) electrons. The summed E-state index contributed by atoms with van der Waals surface area (Å²) in [5, 5.41) is 19.7. The zero-order valence-electron chi connectivity index (χ0n) is 12.7. The van der Waals surface area contributed by atoms with E-state index in [9.17, 15) is 19.0 Å². The van der Waals surface area contributed by atoms with Gasteiger partial charge in [-0.25, -0.2) is 5.09 Å². The Labute approximate surface area is 134 Å². The van der Waals surface area contributed by atoms with Crippen molar-refractivity contribution in [2.24, 2.45) is 0 Å². The molecule has 0 aromatic heterocycles. The molecule has 0 aliphatic rings. The fourth-order valence-corrected chi connectivity index (χ4v) is 3.63. The summed E-state index contributed by atoms with van der Waals surface area (Å²) in [5.41, 5.74) is 1.14. The van der Waals surface area contributed by atoms with Gasteiger partial charge < -0.3 is 15.1 Å². The van der Waals surface area contributed by atoms with E-state index in [1.54, 1.807) is 0 Å². The molecule has 0 fully saturated rings. The highest BCUT2D eigenvalue weighted by Gasteiger charge is 2.27. The van der Waals surface area contributed by atoms with Crippen LogP contribution in [0.2, 0.25) is 0 Å². The predicted octanol–water partition coefficient (Wildman–Crippen LogP) is 2.10. The van der Waals surface area contributed by atoms with Crippen LogP contribution in [0.1, 0.15) is 31.2 Å². The third-order valence-electron chi connectivity index (χ3n) is 3.32. The second kappa shape index (κ2) is 9.45. The van der Waals surface area contributed by atoms with Crippen LogP contribution < -0.4 is 5.09 Å². The van der Waals surface area contributed by atoms with Gasteiger partial charge in [0.15, 0.2) is 0 Å². The number of nitrogens with one attached hydrogen (secondary N) is 1. The number of unbranched alkanes of at least 4 members (excludes halogenated alkanes) is 1. The third kappa shape index (κ3) is 8.50. The van der Waals surface area contributed by atoms with E-state index in [-0.39, 0.29) is 19.0 Å². The molecule has 2 atom stereocenters. The minimum absolute atomic E-state index is 0.0450. The Bertz CT molecular complexity index is 562. The molecular formula is C15H22NO6P. The van der Waals surface area contributed by atoms with Crippen molar-refractivity contribution in [3.8, 4) is 0 Å². The van der Waals surface area contributed by atoms with Gasteiger partial charge in [-0.2, -0.15) is 0 Å². The molecule has 0 spiro atoms. The van der Waals surface area contributed by atoms with Gasteiger partial charge >= 0.3 is 11.9 Å². The molecule has 0 saturated carbocycles. The van der Waals surface area contributed by atoms with Crippen LogP contribution in [-0.2, 0) is 20.6 Å². The van der Waals surface area contributed by atoms with Gasteiger partial charge in [0, 0.05) is 12.6 Å². The number of benzene rings is 1. The Kier molecular flexibility index (Phi) is 7.95. The fraction of sp³-hybridized carbons (Fsp3) is 0.467. The first kappa shape index (κ1) is 19.4. The van der Waals surface area contributed by atoms with E-state index in [0.717, 1.165) is 12.0 Å². The number of carboxylic acids is 2. The Balaban J connectivity index is 2.39. The highest BCUT2D eigenvalue weighted by atomic mass is 31.2. The van der Waals surface area contributed by atoms with E-state index in [0.29, 0.717) is 12.8 Å². The molecule has 7 nitrogen and oxygen atoms in total. The maximum atomic E-state index is 12.0. The number of hydrogen-bond acceptors (Lipinski definition) is 3. The molecule has 0 aliphatic heterocycles. The van der Waals surface area contributed by atoms with Crippen molar-refractivity contribution in [1.29, 1.82) is 0 Å². The van der Waals surface area contributed by atoms with Gasteiger partial charge in [-0.3, -0.25) is 14.2 Å². The van der Waals surface area contributed by atoms with Crippen molar-refractivity contribution in [2.45, 2.75) is 38.1 Å². The first-order valence-corrected chi connectivity index (χ1v) is 9.23. The van der Waals surface area contributed by atoms with Crippen LogP contribution >= 0.6 is 7.52 Å². The normalized spacial score (nSPS) is 14.8. The Hall–Kier alpha value is -1.69. The summed E-state index contributed by atoms with van der Waals surface area (Å²) in [4.78, 5) is 31.3. The van der Waals surface area contributed by atoms with Crippen LogP contribution in [0.5, 0.6) is 0 Å². The van der Waals surface area contributed by atoms with Gasteiger partial charge in [0.2, 0.25) is 0 Å². The minimum Gasteiger partial charge on any atom is -0.481 e. The zero-order chi connectivity index (χ0) is 17.3. The van der Waals surface area contributed by atoms with Crippen molar-refractivity contribution in [1.82, 2.24) is 5.09 Å². The minimum atomic E-state index is -3.81. The Morgan fingerprint density at radius 1 is 1.13 bits per heavy atom. The van der Waals surface area contributed by atoms with E-state index >= 15 is 0 Å². The number of hydrogen-bond donors (Lipinski definition) is 4. The second-order valence-electron chi connectivity index (χ2n) is 5.32. The lowest BCUT2D eigenvalue weighted by molar-refractivity contribution is -0.140. The van der Waals surface area contributed by atoms with Crippen molar-refractivity contribution >= 4 is 19.5 Å². The van der Waals surface area contributed by atoms with Crippen molar-refractivity contribution < 1.29 is 29.3 Å². The number of carboxylic acid groups (broad SMARTS) is 2. The molecule has 2 unspecified atom stereocenters. The van der Waals surface area contributed by atoms with Crippen LogP contribution in [0.15, 0.2) is 30.3 Å². The van der Waals surface area contributed by atoms with Gasteiger partial charge in [0.1, 0.15) is 6.04 Å². The summed E-state index contributed by atoms with van der Waals surface area (Å²) in [6.45, 7) is 0. The van der Waals surface area contributed by atoms with Gasteiger partial charge in [-0.15, -0.1) is 0 Å². The molecule has 0 heterocycles. The van der Waals surface area contributed by atoms with Crippen molar-refractivity contribution in [3.05, 3.63) is 35.9 Å². The highest BCUT2D eigenvalue weighted by Crippen LogP contribution is 2.37. The number of carbonyl (C=O) groups is 2. The quantitative estimate of drug-likeness (QED) is 0.358. The van der Waals surface area contributed by atoms with Crippen LogP contribution in [0.25, 0.3) is 0 Å². The molecule has 0 saturated heterocycles. The largest absolute Gasteiger partial charge is 0.481 e. The monoisotopic (exact) mass is 343 g/mol. The number of rotatable bonds is 11. The summed E-state index contributed by atoms with van der Waals surface area (Å²) in [7, 11) is -3.81. The first-order valence-electron chi connectivity index (χ1n) is 7.38. The van der Waals surface area contributed by atoms with E-state index in [1.165, 1.54) is 0 Å². The average molecular weight is 343 g/mol. The molecule has 1 aromatic carbocycles. The predicted molar refractivity (Wildman–Crippen MR) is 85.5 cm³/mol. The van der Waals surface area contributed by atoms with Crippen molar-refractivity contribution in [3.63, 3.8) is 0 Å². The molecule has 0 amide bonds. The molecule has 0 bridgehead atoms. The third-order valence-corrected chi connectivity index (χ3v) is 4.96. The first-order chi connectivity index (χ1) is 10.8. The van der Waals surface area contributed by atoms with E-state index in [2.05, 4.69) is 5.09 Å². The van der Waals surface area contributed by atoms with E-state index < -0.39 is 25.5 Å². The van der Waals surface area contributed by atoms with Gasteiger partial charge in [0.25, 0.3) is 7.52 Å². The van der Waals surface area contributed by atoms with Crippen LogP contribution in [0.3, 0.4) is 0 Å². The van der Waals surface area contributed by atoms with Crippen molar-refractivity contribution in [2.75, 3.05) is 6.16 Å². The van der Waals surface area contributed by atoms with E-state index in [1.807, 2.05) is 30.3 Å². The number of aliphatic carboxylic acids is 2. The Morgan fingerprint density at radius 3 is 2.35 bits per heavy atom. The summed E-state index contributed by atoms with van der Waals surface area (Å²) in [6, 6.07) is 8.38. The molecule has 8 heteroatoms. The second-order valence-corrected chi connectivity index (χ2v) is 7.43. The number of aryl methyl sites for hydroxylation is 1. The summed E-state index contributed by atoms with van der Waals surface area (Å²) < 4.78 is 12.0. The summed E-state index contributed by atoms with van der Waals surface area (Å²) in [6.07, 6.45) is 1.31. The molecular weight excluding hydrogens is 321 g/mol. The Morgan fingerprint density at radius 2 is 1.78 bits per heavy atom. The van der Waals surface area contributed by atoms with Crippen LogP contribution in [0, 0.1) is 0 Å². The lowest BCUT2D eigenvalue weighted by atomic mass is 10.1. The zero-order valence-corrected chi connectivity index (χ0v) is 13.6. The molecule has 1 rings (SSSR count). The topological polar surface area (TPSA) is 124 Å². The van der Waals surface area contributed by atoms with Gasteiger partial charge in [0.05, 0.1) is 0 Å². The smallest absolute Gasteiger partial charge is 0.321 e. The van der Waals surface area contributed by atoms with Crippen LogP contribution in [0.4, 0.5) is 0 Å². The van der Waals surface area contributed by atoms with Crippen LogP contribution in [-0.4, -0.2) is 39.2 Å². The molecule has 23 heavy (non-hydrogen) atoms. The molecule has 0 aliphatic carbocycles. The lowest BCUT2D eigenvalue weighted by Crippen LogP contribution is -2.35. The average Bonchev–Trinajstić information content (AvgIpc) is 2.48. The SMILES string of the molecule is O=C(O)CCC(NP(=O)(O)CCCCc1ccccc1)C(=O)O. The maximum absolute atomic E-state index is 12.0. The van der Waals surface area contributed by atoms with Gasteiger partial charge in [-0.1, -0.05) is 30.3 Å². The fourth-order valence-electron chi connectivity index (χ4n) is 2.12. The van der Waals surface area contributed by atoms with E-state index in [4.69, 9.17) is 10.2 Å². The highest BCUT2D eigenvalue weighted by molar-refractivity contribution is 7.55. The lowest BCUT2D eigenvalue weighted by Gasteiger charge is -2.18. The standard InChI is InChI=1S/C15H22NO6P/c17-14(18)10-9-13(15(19)20)16-23(21,22)11-5-4-8-12-6-2-1-3-7-12/h1-3,6-7,13H,4-5,8-11H2,(H,17,18)(H,19,20)(H2,16,21,22). The van der Waals surface area contributed by atoms with Gasteiger partial charge in [-0.05, 0) is 31.2 Å².